The third kappa shape index (κ3) is 4.41. The van der Waals surface area contributed by atoms with Crippen LogP contribution in [-0.2, 0) is 4.79 Å². The number of alkyl halides is 2. The molecular formula is C15H22F2N4O. The zero-order valence-electron chi connectivity index (χ0n) is 13.2. The second kappa shape index (κ2) is 7.20. The first-order valence-electron chi connectivity index (χ1n) is 6.92. The summed E-state index contributed by atoms with van der Waals surface area (Å²) in [5.74, 6) is -4.59. The largest absolute Gasteiger partial charge is 0.388 e. The second-order valence-corrected chi connectivity index (χ2v) is 5.23. The lowest BCUT2D eigenvalue weighted by atomic mass is 10.1. The second-order valence-electron chi connectivity index (χ2n) is 5.23. The Kier molecular flexibility index (Phi) is 5.84. The van der Waals surface area contributed by atoms with Crippen molar-refractivity contribution in [3.8, 4) is 0 Å². The van der Waals surface area contributed by atoms with E-state index in [0.29, 0.717) is 24.7 Å². The van der Waals surface area contributed by atoms with Crippen LogP contribution in [0.4, 0.5) is 20.2 Å². The molecule has 1 amide bonds. The van der Waals surface area contributed by atoms with Crippen LogP contribution in [0, 0.1) is 5.41 Å². The van der Waals surface area contributed by atoms with E-state index in [1.807, 2.05) is 6.07 Å². The highest BCUT2D eigenvalue weighted by molar-refractivity contribution is 5.87. The van der Waals surface area contributed by atoms with Crippen molar-refractivity contribution in [2.45, 2.75) is 25.8 Å². The molecule has 0 heterocycles. The lowest BCUT2D eigenvalue weighted by molar-refractivity contribution is -0.155. The molecule has 0 aliphatic carbocycles. The van der Waals surface area contributed by atoms with Crippen LogP contribution in [0.3, 0.4) is 0 Å². The molecule has 1 atom stereocenters. The summed E-state index contributed by atoms with van der Waals surface area (Å²) >= 11 is 0. The Morgan fingerprint density at radius 3 is 2.64 bits per heavy atom. The van der Waals surface area contributed by atoms with E-state index in [4.69, 9.17) is 5.41 Å². The summed E-state index contributed by atoms with van der Waals surface area (Å²) in [6, 6.07) is 5.03. The molecular weight excluding hydrogens is 290 g/mol. The van der Waals surface area contributed by atoms with Gasteiger partial charge in [0.05, 0.1) is 0 Å². The Hall–Kier alpha value is -2.18. The molecule has 7 heteroatoms. The Morgan fingerprint density at radius 2 is 2.14 bits per heavy atom. The van der Waals surface area contributed by atoms with Crippen LogP contribution in [0.2, 0.25) is 0 Å². The molecule has 0 radical (unpaired) electrons. The maximum Gasteiger partial charge on any atom is 0.322 e. The number of rotatable bonds is 7. The Bertz CT molecular complexity index is 543. The van der Waals surface area contributed by atoms with Gasteiger partial charge in [-0.25, -0.2) is 0 Å². The average Bonchev–Trinajstić information content (AvgIpc) is 2.49. The molecule has 0 aromatic heterocycles. The fourth-order valence-electron chi connectivity index (χ4n) is 1.90. The molecule has 3 N–H and O–H groups in total. The summed E-state index contributed by atoms with van der Waals surface area (Å²) in [5, 5.41) is 13.5. The number of nitrogens with one attached hydrogen (secondary N) is 3. The number of anilines is 2. The Labute approximate surface area is 129 Å². The zero-order valence-corrected chi connectivity index (χ0v) is 13.2. The highest BCUT2D eigenvalue weighted by Gasteiger charge is 2.36. The van der Waals surface area contributed by atoms with Crippen molar-refractivity contribution < 1.29 is 13.6 Å². The summed E-state index contributed by atoms with van der Waals surface area (Å²) < 4.78 is 26.1. The van der Waals surface area contributed by atoms with Gasteiger partial charge in [0.15, 0.2) is 0 Å². The van der Waals surface area contributed by atoms with E-state index in [9.17, 15) is 13.6 Å². The number of likely N-dealkylation sites (N-methyl/N-ethyl adjacent to an activating group) is 1. The molecule has 1 rings (SSSR count). The minimum Gasteiger partial charge on any atom is -0.388 e. The van der Waals surface area contributed by atoms with E-state index in [0.717, 1.165) is 10.6 Å². The van der Waals surface area contributed by atoms with Crippen LogP contribution in [-0.4, -0.2) is 49.6 Å². The van der Waals surface area contributed by atoms with Crippen molar-refractivity contribution >= 4 is 23.5 Å². The van der Waals surface area contributed by atoms with Crippen molar-refractivity contribution in [1.82, 2.24) is 4.90 Å². The number of benzene rings is 1. The lowest BCUT2D eigenvalue weighted by Crippen LogP contribution is -2.46. The topological polar surface area (TPSA) is 68.2 Å². The molecule has 0 spiro atoms. The van der Waals surface area contributed by atoms with Gasteiger partial charge >= 0.3 is 5.92 Å². The van der Waals surface area contributed by atoms with Gasteiger partial charge in [-0.3, -0.25) is 4.79 Å². The highest BCUT2D eigenvalue weighted by atomic mass is 19.3. The number of nitrogens with zero attached hydrogens (tertiary/aromatic N) is 1. The molecule has 0 saturated carbocycles. The maximum atomic E-state index is 13.0. The van der Waals surface area contributed by atoms with E-state index in [-0.39, 0.29) is 0 Å². The molecule has 122 valence electrons. The van der Waals surface area contributed by atoms with E-state index in [2.05, 4.69) is 10.6 Å². The number of halogens is 2. The molecule has 0 fully saturated rings. The van der Waals surface area contributed by atoms with Gasteiger partial charge in [0.25, 0.3) is 5.91 Å². The predicted molar refractivity (Wildman–Crippen MR) is 85.2 cm³/mol. The average molecular weight is 312 g/mol. The van der Waals surface area contributed by atoms with E-state index < -0.39 is 17.9 Å². The quantitative estimate of drug-likeness (QED) is 0.678. The number of carbonyl (C=O) groups is 1. The minimum atomic E-state index is -3.38. The Balaban J connectivity index is 2.74. The van der Waals surface area contributed by atoms with Crippen LogP contribution in [0.5, 0.6) is 0 Å². The van der Waals surface area contributed by atoms with Gasteiger partial charge in [-0.15, -0.1) is 0 Å². The normalized spacial score (nSPS) is 12.5. The van der Waals surface area contributed by atoms with Gasteiger partial charge in [0, 0.05) is 56.8 Å². The maximum absolute atomic E-state index is 13.0. The van der Waals surface area contributed by atoms with Crippen LogP contribution in [0.15, 0.2) is 18.2 Å². The SMILES string of the molecule is CNc1ccc(NCC(C)N(C)C(=O)C(C)(F)F)c(C=N)c1. The lowest BCUT2D eigenvalue weighted by Gasteiger charge is -2.28. The standard InChI is InChI=1S/C15H22F2N4O/c1-10(21(4)14(22)15(2,16)17)9-20-13-6-5-12(19-3)7-11(13)8-18/h5-8,10,18-20H,9H2,1-4H3. The van der Waals surface area contributed by atoms with Crippen LogP contribution in [0.25, 0.3) is 0 Å². The molecule has 0 aliphatic rings. The first-order chi connectivity index (χ1) is 10.2. The first-order valence-corrected chi connectivity index (χ1v) is 6.92. The van der Waals surface area contributed by atoms with Gasteiger partial charge in [0.2, 0.25) is 0 Å². The summed E-state index contributed by atoms with van der Waals surface area (Å²) in [6.45, 7) is 2.58. The molecule has 0 saturated heterocycles. The summed E-state index contributed by atoms with van der Waals surface area (Å²) in [5.41, 5.74) is 2.26. The van der Waals surface area contributed by atoms with Crippen molar-refractivity contribution in [1.29, 1.82) is 5.41 Å². The van der Waals surface area contributed by atoms with Crippen LogP contribution in [0.1, 0.15) is 19.4 Å². The van der Waals surface area contributed by atoms with Gasteiger partial charge in [-0.2, -0.15) is 8.78 Å². The molecule has 0 bridgehead atoms. The molecule has 1 aromatic carbocycles. The van der Waals surface area contributed by atoms with Crippen molar-refractivity contribution in [3.63, 3.8) is 0 Å². The fraction of sp³-hybridized carbons (Fsp3) is 0.467. The molecule has 1 unspecified atom stereocenters. The van der Waals surface area contributed by atoms with Gasteiger partial charge < -0.3 is 20.9 Å². The first kappa shape index (κ1) is 17.9. The zero-order chi connectivity index (χ0) is 16.9. The highest BCUT2D eigenvalue weighted by Crippen LogP contribution is 2.20. The number of carbonyl (C=O) groups excluding carboxylic acids is 1. The van der Waals surface area contributed by atoms with E-state index in [1.54, 1.807) is 26.1 Å². The van der Waals surface area contributed by atoms with Crippen molar-refractivity contribution in [2.75, 3.05) is 31.3 Å². The van der Waals surface area contributed by atoms with E-state index >= 15 is 0 Å². The van der Waals surface area contributed by atoms with Crippen LogP contribution >= 0.6 is 0 Å². The molecule has 5 nitrogen and oxygen atoms in total. The molecule has 0 aliphatic heterocycles. The Morgan fingerprint density at radius 1 is 1.50 bits per heavy atom. The molecule has 22 heavy (non-hydrogen) atoms. The van der Waals surface area contributed by atoms with Gasteiger partial charge in [0.1, 0.15) is 0 Å². The monoisotopic (exact) mass is 312 g/mol. The van der Waals surface area contributed by atoms with Gasteiger partial charge in [-0.1, -0.05) is 0 Å². The summed E-state index contributed by atoms with van der Waals surface area (Å²) in [7, 11) is 3.14. The fourth-order valence-corrected chi connectivity index (χ4v) is 1.90. The van der Waals surface area contributed by atoms with Crippen molar-refractivity contribution in [2.24, 2.45) is 0 Å². The van der Waals surface area contributed by atoms with Gasteiger partial charge in [-0.05, 0) is 25.1 Å². The summed E-state index contributed by atoms with van der Waals surface area (Å²) in [4.78, 5) is 12.6. The molecule has 1 aromatic rings. The predicted octanol–water partition coefficient (Wildman–Crippen LogP) is 2.64. The summed E-state index contributed by atoms with van der Waals surface area (Å²) in [6.07, 6.45) is 1.21. The van der Waals surface area contributed by atoms with E-state index in [1.165, 1.54) is 13.3 Å². The number of amides is 1. The third-order valence-electron chi connectivity index (χ3n) is 3.44. The number of hydrogen-bond acceptors (Lipinski definition) is 4. The minimum absolute atomic E-state index is 0.304. The van der Waals surface area contributed by atoms with Crippen LogP contribution < -0.4 is 10.6 Å². The number of hydrogen-bond donors (Lipinski definition) is 3. The van der Waals surface area contributed by atoms with Crippen molar-refractivity contribution in [3.05, 3.63) is 23.8 Å². The third-order valence-corrected chi connectivity index (χ3v) is 3.44. The smallest absolute Gasteiger partial charge is 0.322 e.